The molecule has 0 aliphatic heterocycles. The Kier molecular flexibility index (Phi) is 4.57. The summed E-state index contributed by atoms with van der Waals surface area (Å²) in [5.74, 6) is 0.697. The first-order valence-electron chi connectivity index (χ1n) is 3.71. The van der Waals surface area contributed by atoms with Crippen LogP contribution >= 0.6 is 11.8 Å². The van der Waals surface area contributed by atoms with Gasteiger partial charge in [-0.25, -0.2) is 0 Å². The molecule has 0 atom stereocenters. The Labute approximate surface area is 74.6 Å². The first-order chi connectivity index (χ1) is 4.95. The Hall–Kier alpha value is -0.180. The monoisotopic (exact) mass is 177 g/mol. The van der Waals surface area contributed by atoms with Crippen LogP contribution in [0.15, 0.2) is 0 Å². The van der Waals surface area contributed by atoms with Gasteiger partial charge in [0.05, 0.1) is 5.75 Å². The van der Waals surface area contributed by atoms with E-state index in [0.29, 0.717) is 5.75 Å². The van der Waals surface area contributed by atoms with E-state index in [1.165, 1.54) is 0 Å². The van der Waals surface area contributed by atoms with Gasteiger partial charge in [-0.05, 0) is 11.7 Å². The Balaban J connectivity index is 0. The summed E-state index contributed by atoms with van der Waals surface area (Å²) >= 11 is 1.55. The number of carbonyl (C=O) groups is 1. The van der Waals surface area contributed by atoms with E-state index in [2.05, 4.69) is 26.1 Å². The predicted octanol–water partition coefficient (Wildman–Crippen LogP) is 1.76. The minimum absolute atomic E-state index is 0. The number of rotatable bonds is 3. The zero-order valence-corrected chi connectivity index (χ0v) is 8.55. The second kappa shape index (κ2) is 4.65. The third-order valence-corrected chi connectivity index (χ3v) is 1.64. The summed E-state index contributed by atoms with van der Waals surface area (Å²) in [4.78, 5) is 11.0. The molecule has 2 nitrogen and oxygen atoms in total. The van der Waals surface area contributed by atoms with Crippen molar-refractivity contribution in [3.05, 3.63) is 0 Å². The summed E-state index contributed by atoms with van der Waals surface area (Å²) in [6.07, 6.45) is 1.93. The maximum absolute atomic E-state index is 11.0. The smallest absolute Gasteiger partial charge is 0.230 e. The van der Waals surface area contributed by atoms with E-state index in [-0.39, 0.29) is 12.7 Å². The Morgan fingerprint density at radius 2 is 2.09 bits per heavy atom. The topological polar surface area (TPSA) is 29.1 Å². The van der Waals surface area contributed by atoms with Gasteiger partial charge in [0.15, 0.2) is 0 Å². The summed E-state index contributed by atoms with van der Waals surface area (Å²) < 4.78 is 0. The molecule has 0 fully saturated rings. The van der Waals surface area contributed by atoms with E-state index in [0.717, 1.165) is 6.54 Å². The minimum Gasteiger partial charge on any atom is -0.355 e. The molecule has 0 radical (unpaired) electrons. The van der Waals surface area contributed by atoms with Gasteiger partial charge in [0.2, 0.25) is 5.91 Å². The van der Waals surface area contributed by atoms with Gasteiger partial charge in [-0.15, -0.1) is 0 Å². The van der Waals surface area contributed by atoms with Gasteiger partial charge in [-0.3, -0.25) is 4.79 Å². The summed E-state index contributed by atoms with van der Waals surface area (Å²) in [5, 5.41) is 2.86. The molecule has 0 saturated heterocycles. The molecule has 0 aliphatic rings. The highest BCUT2D eigenvalue weighted by molar-refractivity contribution is 7.99. The number of thioether (sulfide) groups is 1. The molecule has 0 bridgehead atoms. The molecule has 0 aromatic heterocycles. The summed E-state index contributed by atoms with van der Waals surface area (Å²) in [6, 6.07) is 0. The van der Waals surface area contributed by atoms with E-state index < -0.39 is 0 Å². The quantitative estimate of drug-likeness (QED) is 0.711. The third-order valence-electron chi connectivity index (χ3n) is 1.09. The van der Waals surface area contributed by atoms with Gasteiger partial charge < -0.3 is 5.32 Å². The van der Waals surface area contributed by atoms with E-state index in [1.807, 2.05) is 6.26 Å². The SMILES string of the molecule is CSCC(=O)NCC(C)(C)C.[HH]. The largest absolute Gasteiger partial charge is 0.355 e. The van der Waals surface area contributed by atoms with Crippen molar-refractivity contribution in [3.8, 4) is 0 Å². The molecule has 1 amide bonds. The lowest BCUT2D eigenvalue weighted by atomic mass is 9.97. The molecular weight excluding hydrogens is 158 g/mol. The lowest BCUT2D eigenvalue weighted by molar-refractivity contribution is -0.118. The molecule has 0 heterocycles. The van der Waals surface area contributed by atoms with E-state index >= 15 is 0 Å². The number of nitrogens with one attached hydrogen (secondary N) is 1. The van der Waals surface area contributed by atoms with Crippen LogP contribution in [0.3, 0.4) is 0 Å². The molecule has 1 N–H and O–H groups in total. The van der Waals surface area contributed by atoms with Crippen LogP contribution in [0, 0.1) is 5.41 Å². The van der Waals surface area contributed by atoms with Crippen LogP contribution in [-0.4, -0.2) is 24.5 Å². The number of hydrogen-bond acceptors (Lipinski definition) is 2. The maximum atomic E-state index is 11.0. The molecule has 3 heteroatoms. The second-order valence-corrected chi connectivity index (χ2v) is 4.64. The fourth-order valence-electron chi connectivity index (χ4n) is 0.546. The zero-order valence-electron chi connectivity index (χ0n) is 7.73. The van der Waals surface area contributed by atoms with Gasteiger partial charge in [0.1, 0.15) is 0 Å². The van der Waals surface area contributed by atoms with Crippen molar-refractivity contribution in [2.75, 3.05) is 18.6 Å². The normalized spacial score (nSPS) is 11.3. The van der Waals surface area contributed by atoms with Crippen molar-refractivity contribution in [2.24, 2.45) is 5.41 Å². The third kappa shape index (κ3) is 7.72. The molecule has 0 aromatic rings. The first-order valence-corrected chi connectivity index (χ1v) is 5.11. The highest BCUT2D eigenvalue weighted by atomic mass is 32.2. The van der Waals surface area contributed by atoms with Crippen molar-refractivity contribution in [3.63, 3.8) is 0 Å². The average Bonchev–Trinajstić information content (AvgIpc) is 1.83. The van der Waals surface area contributed by atoms with Gasteiger partial charge in [0, 0.05) is 7.97 Å². The van der Waals surface area contributed by atoms with Gasteiger partial charge in [0.25, 0.3) is 0 Å². The van der Waals surface area contributed by atoms with Crippen molar-refractivity contribution in [2.45, 2.75) is 20.8 Å². The lowest BCUT2D eigenvalue weighted by Gasteiger charge is -2.18. The fraction of sp³-hybridized carbons (Fsp3) is 0.875. The van der Waals surface area contributed by atoms with Crippen molar-refractivity contribution in [1.82, 2.24) is 5.32 Å². The van der Waals surface area contributed by atoms with Crippen molar-refractivity contribution < 1.29 is 6.22 Å². The minimum atomic E-state index is 0. The average molecular weight is 177 g/mol. The van der Waals surface area contributed by atoms with Crippen molar-refractivity contribution in [1.29, 1.82) is 0 Å². The van der Waals surface area contributed by atoms with Crippen LogP contribution in [0.5, 0.6) is 0 Å². The number of amides is 1. The van der Waals surface area contributed by atoms with Crippen LogP contribution in [0.25, 0.3) is 0 Å². The highest BCUT2D eigenvalue weighted by Gasteiger charge is 2.10. The van der Waals surface area contributed by atoms with Gasteiger partial charge in [-0.1, -0.05) is 20.8 Å². The molecular formula is C8H19NOS. The molecule has 0 rings (SSSR count). The fourth-order valence-corrected chi connectivity index (χ4v) is 0.910. The van der Waals surface area contributed by atoms with Gasteiger partial charge in [-0.2, -0.15) is 11.8 Å². The molecule has 0 saturated carbocycles. The van der Waals surface area contributed by atoms with Crippen LogP contribution in [-0.2, 0) is 4.79 Å². The van der Waals surface area contributed by atoms with Crippen LogP contribution < -0.4 is 5.32 Å². The molecule has 0 spiro atoms. The zero-order chi connectivity index (χ0) is 8.91. The van der Waals surface area contributed by atoms with E-state index in [9.17, 15) is 4.79 Å². The van der Waals surface area contributed by atoms with Crippen molar-refractivity contribution >= 4 is 17.7 Å². The maximum Gasteiger partial charge on any atom is 0.230 e. The Morgan fingerprint density at radius 3 is 2.45 bits per heavy atom. The highest BCUT2D eigenvalue weighted by Crippen LogP contribution is 2.10. The summed E-state index contributed by atoms with van der Waals surface area (Å²) in [7, 11) is 0. The predicted molar refractivity (Wildman–Crippen MR) is 53.0 cm³/mol. The van der Waals surface area contributed by atoms with Crippen LogP contribution in [0.1, 0.15) is 22.2 Å². The van der Waals surface area contributed by atoms with Crippen LogP contribution in [0.4, 0.5) is 0 Å². The van der Waals surface area contributed by atoms with E-state index in [4.69, 9.17) is 0 Å². The molecule has 0 aliphatic carbocycles. The second-order valence-electron chi connectivity index (χ2n) is 3.77. The number of carbonyl (C=O) groups excluding carboxylic acids is 1. The Morgan fingerprint density at radius 1 is 1.55 bits per heavy atom. The summed E-state index contributed by atoms with van der Waals surface area (Å²) in [6.45, 7) is 7.07. The standard InChI is InChI=1S/C8H17NOS.H2/c1-8(2,3)6-9-7(10)5-11-4;/h5-6H2,1-4H3,(H,9,10);1H. The van der Waals surface area contributed by atoms with E-state index in [1.54, 1.807) is 11.8 Å². The Bertz CT molecular complexity index is 134. The van der Waals surface area contributed by atoms with Crippen LogP contribution in [0.2, 0.25) is 0 Å². The van der Waals surface area contributed by atoms with Gasteiger partial charge >= 0.3 is 0 Å². The molecule has 0 aromatic carbocycles. The lowest BCUT2D eigenvalue weighted by Crippen LogP contribution is -2.33. The molecule has 0 unspecified atom stereocenters. The first kappa shape index (κ1) is 10.8. The number of hydrogen-bond donors (Lipinski definition) is 1. The summed E-state index contributed by atoms with van der Waals surface area (Å²) in [5.41, 5.74) is 0.189. The molecule has 68 valence electrons. The molecule has 11 heavy (non-hydrogen) atoms.